The topological polar surface area (TPSA) is 67.2 Å². The standard InChI is InChI=1S/C14H15N2O3.H2/c1-10(2)11-3-5-12(6-4-11)13-9-15(17)8-7-14(13)16(18)19;/h3-10,17H,1-2H3;1H/q+1;. The van der Waals surface area contributed by atoms with Gasteiger partial charge in [-0.05, 0) is 17.0 Å². The van der Waals surface area contributed by atoms with Crippen LogP contribution in [0.3, 0.4) is 0 Å². The molecule has 2 rings (SSSR count). The number of hydrogen-bond acceptors (Lipinski definition) is 3. The minimum atomic E-state index is -0.453. The van der Waals surface area contributed by atoms with Crippen molar-refractivity contribution in [1.29, 1.82) is 0 Å². The van der Waals surface area contributed by atoms with Crippen LogP contribution in [-0.2, 0) is 0 Å². The molecule has 1 aromatic heterocycles. The molecule has 0 unspecified atom stereocenters. The van der Waals surface area contributed by atoms with Gasteiger partial charge in [0.25, 0.3) is 5.69 Å². The van der Waals surface area contributed by atoms with Crippen LogP contribution in [0.25, 0.3) is 11.1 Å². The van der Waals surface area contributed by atoms with Gasteiger partial charge in [-0.15, -0.1) is 0 Å². The van der Waals surface area contributed by atoms with Crippen molar-refractivity contribution >= 4 is 5.69 Å². The van der Waals surface area contributed by atoms with E-state index < -0.39 is 4.92 Å². The fourth-order valence-corrected chi connectivity index (χ4v) is 1.91. The minimum Gasteiger partial charge on any atom is -0.285 e. The summed E-state index contributed by atoms with van der Waals surface area (Å²) in [4.78, 5) is 10.5. The number of pyridine rings is 1. The Morgan fingerprint density at radius 2 is 1.89 bits per heavy atom. The van der Waals surface area contributed by atoms with Gasteiger partial charge in [0.15, 0.2) is 0 Å². The number of nitrogens with zero attached hydrogens (tertiary/aromatic N) is 2. The fraction of sp³-hybridized carbons (Fsp3) is 0.214. The van der Waals surface area contributed by atoms with E-state index in [2.05, 4.69) is 13.8 Å². The van der Waals surface area contributed by atoms with E-state index in [0.717, 1.165) is 4.73 Å². The average Bonchev–Trinajstić information content (AvgIpc) is 2.38. The first-order valence-electron chi connectivity index (χ1n) is 5.98. The molecular weight excluding hydrogens is 244 g/mol. The van der Waals surface area contributed by atoms with E-state index in [4.69, 9.17) is 0 Å². The summed E-state index contributed by atoms with van der Waals surface area (Å²) < 4.78 is 0.818. The monoisotopic (exact) mass is 261 g/mol. The molecule has 0 spiro atoms. The van der Waals surface area contributed by atoms with Gasteiger partial charge >= 0.3 is 0 Å². The zero-order chi connectivity index (χ0) is 14.0. The Hall–Kier alpha value is -2.43. The van der Waals surface area contributed by atoms with Crippen LogP contribution in [0.2, 0.25) is 0 Å². The third-order valence-electron chi connectivity index (χ3n) is 3.01. The van der Waals surface area contributed by atoms with Crippen molar-refractivity contribution in [3.05, 3.63) is 58.4 Å². The highest BCUT2D eigenvalue weighted by molar-refractivity contribution is 5.71. The summed E-state index contributed by atoms with van der Waals surface area (Å²) in [5, 5.41) is 20.4. The predicted molar refractivity (Wildman–Crippen MR) is 72.1 cm³/mol. The van der Waals surface area contributed by atoms with Crippen LogP contribution in [0, 0.1) is 10.1 Å². The lowest BCUT2D eigenvalue weighted by molar-refractivity contribution is -0.904. The van der Waals surface area contributed by atoms with Crippen molar-refractivity contribution < 1.29 is 16.3 Å². The van der Waals surface area contributed by atoms with Crippen molar-refractivity contribution in [2.24, 2.45) is 0 Å². The highest BCUT2D eigenvalue weighted by atomic mass is 16.6. The van der Waals surface area contributed by atoms with Crippen LogP contribution < -0.4 is 4.73 Å². The molecule has 0 aliphatic rings. The summed E-state index contributed by atoms with van der Waals surface area (Å²) in [6, 6.07) is 8.83. The van der Waals surface area contributed by atoms with E-state index in [1.807, 2.05) is 24.3 Å². The molecule has 0 bridgehead atoms. The van der Waals surface area contributed by atoms with E-state index in [9.17, 15) is 15.3 Å². The SMILES string of the molecule is CC(C)c1ccc(-c2c[n+](O)ccc2[N+](=O)[O-])cc1.[HH]. The maximum Gasteiger partial charge on any atom is 0.289 e. The van der Waals surface area contributed by atoms with Crippen molar-refractivity contribution in [2.75, 3.05) is 0 Å². The average molecular weight is 261 g/mol. The first-order chi connectivity index (χ1) is 8.99. The summed E-state index contributed by atoms with van der Waals surface area (Å²) in [6.07, 6.45) is 2.58. The summed E-state index contributed by atoms with van der Waals surface area (Å²) in [5.41, 5.74) is 2.24. The van der Waals surface area contributed by atoms with Crippen molar-refractivity contribution in [1.82, 2.24) is 0 Å². The second-order valence-electron chi connectivity index (χ2n) is 4.66. The maximum atomic E-state index is 11.0. The van der Waals surface area contributed by atoms with Crippen molar-refractivity contribution in [3.8, 4) is 11.1 Å². The van der Waals surface area contributed by atoms with Gasteiger partial charge in [-0.25, -0.2) is 0 Å². The molecule has 0 fully saturated rings. The second kappa shape index (κ2) is 5.06. The Bertz CT molecular complexity index is 612. The molecule has 2 aromatic rings. The Morgan fingerprint density at radius 1 is 1.26 bits per heavy atom. The first kappa shape index (κ1) is 13.0. The third kappa shape index (κ3) is 2.70. The van der Waals surface area contributed by atoms with Crippen molar-refractivity contribution in [3.63, 3.8) is 0 Å². The summed E-state index contributed by atoms with van der Waals surface area (Å²) in [6.45, 7) is 4.17. The van der Waals surface area contributed by atoms with E-state index in [1.54, 1.807) is 0 Å². The van der Waals surface area contributed by atoms with Gasteiger partial charge in [0.05, 0.1) is 11.0 Å². The molecule has 5 nitrogen and oxygen atoms in total. The van der Waals surface area contributed by atoms with Crippen LogP contribution in [-0.4, -0.2) is 10.1 Å². The molecule has 0 saturated heterocycles. The van der Waals surface area contributed by atoms with E-state index in [1.165, 1.54) is 24.0 Å². The zero-order valence-corrected chi connectivity index (χ0v) is 10.8. The molecule has 0 aliphatic carbocycles. The van der Waals surface area contributed by atoms with Gasteiger partial charge in [0, 0.05) is 6.16 Å². The van der Waals surface area contributed by atoms with Gasteiger partial charge in [-0.2, -0.15) is 0 Å². The van der Waals surface area contributed by atoms with E-state index >= 15 is 0 Å². The zero-order valence-electron chi connectivity index (χ0n) is 10.8. The van der Waals surface area contributed by atoms with Gasteiger partial charge in [-0.3, -0.25) is 15.3 Å². The first-order valence-corrected chi connectivity index (χ1v) is 5.98. The quantitative estimate of drug-likeness (QED) is 0.399. The second-order valence-corrected chi connectivity index (χ2v) is 4.66. The molecule has 5 heteroatoms. The Kier molecular flexibility index (Phi) is 3.46. The van der Waals surface area contributed by atoms with E-state index in [-0.39, 0.29) is 7.11 Å². The summed E-state index contributed by atoms with van der Waals surface area (Å²) in [7, 11) is 0. The van der Waals surface area contributed by atoms with E-state index in [0.29, 0.717) is 17.0 Å². The van der Waals surface area contributed by atoms with Crippen LogP contribution in [0.5, 0.6) is 0 Å². The number of hydrogen-bond donors (Lipinski definition) is 1. The molecule has 0 saturated carbocycles. The maximum absolute atomic E-state index is 11.0. The molecular formula is C14H17N2O3+. The molecule has 19 heavy (non-hydrogen) atoms. The smallest absolute Gasteiger partial charge is 0.285 e. The normalized spacial score (nSPS) is 10.7. The largest absolute Gasteiger partial charge is 0.289 e. The van der Waals surface area contributed by atoms with Crippen LogP contribution in [0.4, 0.5) is 5.69 Å². The van der Waals surface area contributed by atoms with Gasteiger partial charge < -0.3 is 0 Å². The number of aromatic nitrogens is 1. The fourth-order valence-electron chi connectivity index (χ4n) is 1.91. The van der Waals surface area contributed by atoms with Crippen LogP contribution in [0.15, 0.2) is 42.7 Å². The van der Waals surface area contributed by atoms with Crippen molar-refractivity contribution in [2.45, 2.75) is 19.8 Å². The summed E-state index contributed by atoms with van der Waals surface area (Å²) in [5.74, 6) is 0.405. The molecule has 1 aromatic carbocycles. The van der Waals surface area contributed by atoms with Crippen LogP contribution >= 0.6 is 0 Å². The highest BCUT2D eigenvalue weighted by Crippen LogP contribution is 2.29. The number of benzene rings is 1. The predicted octanol–water partition coefficient (Wildman–Crippen LogP) is 3.16. The Morgan fingerprint density at radius 3 is 2.42 bits per heavy atom. The Balaban J connectivity index is 0.00000200. The number of rotatable bonds is 3. The van der Waals surface area contributed by atoms with Crippen LogP contribution in [0.1, 0.15) is 26.8 Å². The van der Waals surface area contributed by atoms with Gasteiger partial charge in [0.2, 0.25) is 12.4 Å². The lowest BCUT2D eigenvalue weighted by atomic mass is 9.99. The Labute approximate surface area is 112 Å². The highest BCUT2D eigenvalue weighted by Gasteiger charge is 2.20. The molecule has 1 heterocycles. The third-order valence-corrected chi connectivity index (χ3v) is 3.01. The molecule has 0 amide bonds. The molecule has 100 valence electrons. The lowest BCUT2D eigenvalue weighted by Gasteiger charge is -2.06. The van der Waals surface area contributed by atoms with Gasteiger partial charge in [-0.1, -0.05) is 38.1 Å². The summed E-state index contributed by atoms with van der Waals surface area (Å²) >= 11 is 0. The molecule has 1 N–H and O–H groups in total. The lowest BCUT2D eigenvalue weighted by Crippen LogP contribution is -2.28. The van der Waals surface area contributed by atoms with Gasteiger partial charge in [0.1, 0.15) is 5.56 Å². The molecule has 0 aliphatic heterocycles. The molecule has 0 radical (unpaired) electrons. The minimum absolute atomic E-state index is 0. The number of nitro groups is 1. The molecule has 0 atom stereocenters.